The summed E-state index contributed by atoms with van der Waals surface area (Å²) in [5.41, 5.74) is 2.84. The molecule has 0 bridgehead atoms. The predicted octanol–water partition coefficient (Wildman–Crippen LogP) is 3.89. The summed E-state index contributed by atoms with van der Waals surface area (Å²) in [5.74, 6) is -4.26. The number of amides is 2. The summed E-state index contributed by atoms with van der Waals surface area (Å²) in [6.07, 6.45) is -4.76. The molecule has 2 aromatic carbocycles. The number of hydrogen-bond donors (Lipinski definition) is 2. The maximum atomic E-state index is 14.6. The number of aliphatic carboxylic acids is 1. The van der Waals surface area contributed by atoms with Crippen molar-refractivity contribution in [3.8, 4) is 0 Å². The van der Waals surface area contributed by atoms with Crippen molar-refractivity contribution in [2.45, 2.75) is 26.4 Å². The SMILES string of the molecule is Cc1c(Cc2ccc(F)c(C(=O)N3CCN(c4ccccc4Cl)C(=O)C3)c2)n[nH]c(=O)c1C.O=C(O)C(F)(F)F. The lowest BCUT2D eigenvalue weighted by atomic mass is 10.0. The van der Waals surface area contributed by atoms with Crippen molar-refractivity contribution in [1.29, 1.82) is 0 Å². The zero-order valence-corrected chi connectivity index (χ0v) is 21.9. The Morgan fingerprint density at radius 3 is 2.33 bits per heavy atom. The third-order valence-electron chi connectivity index (χ3n) is 6.15. The second-order valence-corrected chi connectivity index (χ2v) is 9.17. The third-order valence-corrected chi connectivity index (χ3v) is 6.47. The van der Waals surface area contributed by atoms with Crippen LogP contribution in [-0.2, 0) is 16.0 Å². The number of H-pyrrole nitrogens is 1. The Morgan fingerprint density at radius 2 is 1.73 bits per heavy atom. The van der Waals surface area contributed by atoms with E-state index >= 15 is 0 Å². The van der Waals surface area contributed by atoms with Gasteiger partial charge in [-0.3, -0.25) is 14.4 Å². The number of nitrogens with zero attached hydrogens (tertiary/aromatic N) is 3. The molecule has 0 spiro atoms. The molecule has 0 aliphatic carbocycles. The average Bonchev–Trinajstić information content (AvgIpc) is 2.90. The van der Waals surface area contributed by atoms with Gasteiger partial charge in [0.1, 0.15) is 12.4 Å². The molecule has 1 saturated heterocycles. The van der Waals surface area contributed by atoms with Gasteiger partial charge in [0.2, 0.25) is 5.91 Å². The maximum absolute atomic E-state index is 14.6. The summed E-state index contributed by atoms with van der Waals surface area (Å²) in [6.45, 7) is 3.84. The van der Waals surface area contributed by atoms with Crippen molar-refractivity contribution in [3.63, 3.8) is 0 Å². The molecule has 212 valence electrons. The van der Waals surface area contributed by atoms with E-state index in [9.17, 15) is 31.9 Å². The lowest BCUT2D eigenvalue weighted by Gasteiger charge is -2.34. The van der Waals surface area contributed by atoms with Gasteiger partial charge >= 0.3 is 12.1 Å². The van der Waals surface area contributed by atoms with Crippen LogP contribution < -0.4 is 10.5 Å². The minimum absolute atomic E-state index is 0.106. The first-order valence-electron chi connectivity index (χ1n) is 11.7. The molecule has 0 atom stereocenters. The van der Waals surface area contributed by atoms with E-state index in [0.717, 1.165) is 5.56 Å². The molecule has 1 aromatic heterocycles. The molecular formula is C26H23ClF4N4O5. The van der Waals surface area contributed by atoms with Crippen LogP contribution in [0.15, 0.2) is 47.3 Å². The highest BCUT2D eigenvalue weighted by Gasteiger charge is 2.38. The topological polar surface area (TPSA) is 124 Å². The molecule has 2 N–H and O–H groups in total. The fourth-order valence-corrected chi connectivity index (χ4v) is 4.06. The highest BCUT2D eigenvalue weighted by molar-refractivity contribution is 6.33. The van der Waals surface area contributed by atoms with Gasteiger partial charge in [-0.25, -0.2) is 14.3 Å². The first-order chi connectivity index (χ1) is 18.7. The van der Waals surface area contributed by atoms with E-state index in [1.54, 1.807) is 44.2 Å². The highest BCUT2D eigenvalue weighted by Crippen LogP contribution is 2.27. The number of anilines is 1. The number of halogens is 5. The van der Waals surface area contributed by atoms with E-state index in [2.05, 4.69) is 10.2 Å². The van der Waals surface area contributed by atoms with Gasteiger partial charge in [-0.15, -0.1) is 0 Å². The van der Waals surface area contributed by atoms with Crippen LogP contribution in [-0.4, -0.2) is 63.8 Å². The second kappa shape index (κ2) is 12.3. The minimum Gasteiger partial charge on any atom is -0.475 e. The molecule has 2 amide bonds. The second-order valence-electron chi connectivity index (χ2n) is 8.77. The normalized spacial score (nSPS) is 13.5. The van der Waals surface area contributed by atoms with Crippen molar-refractivity contribution in [1.82, 2.24) is 15.1 Å². The molecular weight excluding hydrogens is 560 g/mol. The Balaban J connectivity index is 0.000000559. The molecule has 1 aliphatic rings. The summed E-state index contributed by atoms with van der Waals surface area (Å²) in [6, 6.07) is 11.3. The fourth-order valence-electron chi connectivity index (χ4n) is 3.83. The molecule has 0 saturated carbocycles. The standard InChI is InChI=1S/C24H22ClFN4O3.C2HF3O2/c1-14-15(2)23(32)28-27-20(14)12-16-7-8-19(26)17(11-16)24(33)29-9-10-30(22(31)13-29)21-6-4-3-5-18(21)25;3-2(4,5)1(6)7/h3-8,11H,9-10,12-13H2,1-2H3,(H,28,32);(H,6,7). The number of carboxylic acids is 1. The Kier molecular flexibility index (Phi) is 9.30. The zero-order valence-electron chi connectivity index (χ0n) is 21.2. The van der Waals surface area contributed by atoms with E-state index in [4.69, 9.17) is 21.5 Å². The quantitative estimate of drug-likeness (QED) is 0.450. The van der Waals surface area contributed by atoms with E-state index in [-0.39, 0.29) is 36.7 Å². The van der Waals surface area contributed by atoms with Crippen LogP contribution in [0, 0.1) is 19.7 Å². The summed E-state index contributed by atoms with van der Waals surface area (Å²) in [5, 5.41) is 14.1. The number of para-hydroxylation sites is 1. The van der Waals surface area contributed by atoms with Gasteiger partial charge in [-0.2, -0.15) is 18.3 Å². The van der Waals surface area contributed by atoms with E-state index in [1.165, 1.54) is 21.9 Å². The number of carboxylic acid groups (broad SMARTS) is 1. The number of piperazine rings is 1. The Hall–Kier alpha value is -4.26. The molecule has 14 heteroatoms. The van der Waals surface area contributed by atoms with Crippen LogP contribution in [0.25, 0.3) is 0 Å². The molecule has 1 fully saturated rings. The van der Waals surface area contributed by atoms with Gasteiger partial charge < -0.3 is 14.9 Å². The number of benzene rings is 2. The zero-order chi connectivity index (χ0) is 29.8. The molecule has 4 rings (SSSR count). The Labute approximate surface area is 230 Å². The van der Waals surface area contributed by atoms with Crippen LogP contribution in [0.4, 0.5) is 23.2 Å². The fraction of sp³-hybridized carbons (Fsp3) is 0.269. The Morgan fingerprint density at radius 1 is 1.07 bits per heavy atom. The van der Waals surface area contributed by atoms with Crippen molar-refractivity contribution in [2.24, 2.45) is 0 Å². The van der Waals surface area contributed by atoms with E-state index < -0.39 is 23.9 Å². The summed E-state index contributed by atoms with van der Waals surface area (Å²) in [7, 11) is 0. The number of nitrogens with one attached hydrogen (secondary N) is 1. The number of rotatable bonds is 4. The first-order valence-corrected chi connectivity index (χ1v) is 12.1. The number of aromatic amines is 1. The van der Waals surface area contributed by atoms with Gasteiger partial charge in [-0.1, -0.05) is 29.8 Å². The van der Waals surface area contributed by atoms with Crippen molar-refractivity contribution in [3.05, 3.63) is 91.6 Å². The highest BCUT2D eigenvalue weighted by atomic mass is 35.5. The molecule has 0 radical (unpaired) electrons. The number of carbonyl (C=O) groups excluding carboxylic acids is 2. The molecule has 40 heavy (non-hydrogen) atoms. The van der Waals surface area contributed by atoms with Crippen LogP contribution in [0.3, 0.4) is 0 Å². The van der Waals surface area contributed by atoms with E-state index in [1.807, 2.05) is 0 Å². The summed E-state index contributed by atoms with van der Waals surface area (Å²) >= 11 is 6.20. The monoisotopic (exact) mass is 582 g/mol. The first kappa shape index (κ1) is 30.3. The molecule has 0 unspecified atom stereocenters. The number of aromatic nitrogens is 2. The number of hydrogen-bond acceptors (Lipinski definition) is 5. The maximum Gasteiger partial charge on any atom is 0.490 e. The molecule has 1 aliphatic heterocycles. The molecule has 2 heterocycles. The van der Waals surface area contributed by atoms with Crippen LogP contribution >= 0.6 is 11.6 Å². The summed E-state index contributed by atoms with van der Waals surface area (Å²) < 4.78 is 46.3. The third kappa shape index (κ3) is 7.03. The van der Waals surface area contributed by atoms with Gasteiger partial charge in [0, 0.05) is 25.1 Å². The molecule has 3 aromatic rings. The molecule has 9 nitrogen and oxygen atoms in total. The van der Waals surface area contributed by atoms with Crippen LogP contribution in [0.2, 0.25) is 5.02 Å². The summed E-state index contributed by atoms with van der Waals surface area (Å²) in [4.78, 5) is 49.3. The number of carbonyl (C=O) groups is 3. The lowest BCUT2D eigenvalue weighted by molar-refractivity contribution is -0.192. The van der Waals surface area contributed by atoms with Gasteiger partial charge in [0.05, 0.1) is 22.0 Å². The van der Waals surface area contributed by atoms with E-state index in [0.29, 0.717) is 34.0 Å². The average molecular weight is 583 g/mol. The Bertz CT molecular complexity index is 1510. The van der Waals surface area contributed by atoms with Crippen LogP contribution in [0.1, 0.15) is 32.7 Å². The van der Waals surface area contributed by atoms with Gasteiger partial charge in [-0.05, 0) is 49.2 Å². The van der Waals surface area contributed by atoms with Crippen molar-refractivity contribution >= 4 is 35.1 Å². The van der Waals surface area contributed by atoms with Crippen molar-refractivity contribution in [2.75, 3.05) is 24.5 Å². The van der Waals surface area contributed by atoms with Crippen molar-refractivity contribution < 1.29 is 37.1 Å². The number of alkyl halides is 3. The van der Waals surface area contributed by atoms with Gasteiger partial charge in [0.15, 0.2) is 0 Å². The predicted molar refractivity (Wildman–Crippen MR) is 137 cm³/mol. The van der Waals surface area contributed by atoms with Crippen LogP contribution in [0.5, 0.6) is 0 Å². The lowest BCUT2D eigenvalue weighted by Crippen LogP contribution is -2.52. The smallest absolute Gasteiger partial charge is 0.475 e. The minimum atomic E-state index is -5.08. The largest absolute Gasteiger partial charge is 0.490 e. The van der Waals surface area contributed by atoms with Gasteiger partial charge in [0.25, 0.3) is 11.5 Å².